The van der Waals surface area contributed by atoms with Crippen molar-refractivity contribution in [1.29, 1.82) is 0 Å². The first kappa shape index (κ1) is 16.0. The monoisotopic (exact) mass is 348 g/mol. The molecule has 3 aromatic rings. The number of carbonyl (C=O) groups is 1. The van der Waals surface area contributed by atoms with Crippen molar-refractivity contribution >= 4 is 26.9 Å². The zero-order valence-corrected chi connectivity index (χ0v) is 13.0. The van der Waals surface area contributed by atoms with Gasteiger partial charge in [-0.3, -0.25) is 4.79 Å². The van der Waals surface area contributed by atoms with E-state index in [1.54, 1.807) is 12.1 Å². The molecule has 0 saturated carbocycles. The molecule has 1 aromatic carbocycles. The van der Waals surface area contributed by atoms with Crippen LogP contribution >= 0.6 is 0 Å². The Bertz CT molecular complexity index is 1070. The number of hydrogen-bond acceptors (Lipinski definition) is 5. The molecular formula is C15H12N2O6S. The van der Waals surface area contributed by atoms with Gasteiger partial charge in [-0.15, -0.1) is 0 Å². The summed E-state index contributed by atoms with van der Waals surface area (Å²) < 4.78 is 32.0. The number of sulfonamides is 1. The van der Waals surface area contributed by atoms with Crippen LogP contribution in [0.15, 0.2) is 56.9 Å². The predicted molar refractivity (Wildman–Crippen MR) is 84.3 cm³/mol. The molecule has 0 atom stereocenters. The summed E-state index contributed by atoms with van der Waals surface area (Å²) in [7, 11) is -3.89. The van der Waals surface area contributed by atoms with Crippen LogP contribution in [0.5, 0.6) is 0 Å². The summed E-state index contributed by atoms with van der Waals surface area (Å²) in [6, 6.07) is 7.12. The molecule has 3 rings (SSSR count). The summed E-state index contributed by atoms with van der Waals surface area (Å²) >= 11 is 0. The summed E-state index contributed by atoms with van der Waals surface area (Å²) in [4.78, 5) is 25.7. The Labute approximate surface area is 135 Å². The fourth-order valence-corrected chi connectivity index (χ4v) is 3.21. The number of aromatic nitrogens is 1. The number of rotatable bonds is 5. The number of fused-ring (bicyclic) bond motifs is 1. The maximum atomic E-state index is 12.3. The van der Waals surface area contributed by atoms with Gasteiger partial charge in [0.15, 0.2) is 0 Å². The van der Waals surface area contributed by atoms with Crippen LogP contribution in [0.3, 0.4) is 0 Å². The Hall–Kier alpha value is -2.91. The third-order valence-electron chi connectivity index (χ3n) is 3.41. The average molecular weight is 348 g/mol. The highest BCUT2D eigenvalue weighted by molar-refractivity contribution is 7.89. The van der Waals surface area contributed by atoms with Gasteiger partial charge in [-0.05, 0) is 30.3 Å². The third kappa shape index (κ3) is 2.94. The fraction of sp³-hybridized carbons (Fsp3) is 0.0667. The molecule has 0 bridgehead atoms. The van der Waals surface area contributed by atoms with Crippen molar-refractivity contribution in [3.8, 4) is 0 Å². The summed E-state index contributed by atoms with van der Waals surface area (Å²) in [5, 5.41) is 8.97. The number of H-pyrrole nitrogens is 1. The minimum Gasteiger partial charge on any atom is -0.477 e. The molecule has 124 valence electrons. The molecule has 0 fully saturated rings. The van der Waals surface area contributed by atoms with Gasteiger partial charge in [0, 0.05) is 17.1 Å². The first-order chi connectivity index (χ1) is 11.4. The van der Waals surface area contributed by atoms with E-state index in [1.807, 2.05) is 0 Å². The number of carboxylic acid groups (broad SMARTS) is 1. The Morgan fingerprint density at radius 2 is 2.08 bits per heavy atom. The molecule has 0 aliphatic rings. The van der Waals surface area contributed by atoms with Crippen molar-refractivity contribution in [3.63, 3.8) is 0 Å². The summed E-state index contributed by atoms with van der Waals surface area (Å²) in [6.45, 7) is -0.0428. The van der Waals surface area contributed by atoms with Crippen molar-refractivity contribution < 1.29 is 22.7 Å². The van der Waals surface area contributed by atoms with Crippen LogP contribution in [0.4, 0.5) is 0 Å². The quantitative estimate of drug-likeness (QED) is 0.637. The lowest BCUT2D eigenvalue weighted by Crippen LogP contribution is -2.23. The van der Waals surface area contributed by atoms with Crippen molar-refractivity contribution in [2.24, 2.45) is 0 Å². The van der Waals surface area contributed by atoms with Crippen LogP contribution < -0.4 is 10.2 Å². The van der Waals surface area contributed by atoms with Crippen molar-refractivity contribution in [3.05, 3.63) is 64.3 Å². The number of benzene rings is 1. The second kappa shape index (κ2) is 5.95. The van der Waals surface area contributed by atoms with E-state index in [4.69, 9.17) is 9.52 Å². The highest BCUT2D eigenvalue weighted by Gasteiger charge is 2.17. The first-order valence-corrected chi connectivity index (χ1v) is 8.27. The maximum absolute atomic E-state index is 12.3. The van der Waals surface area contributed by atoms with Gasteiger partial charge in [-0.1, -0.05) is 0 Å². The molecule has 8 nitrogen and oxygen atoms in total. The number of aromatic carboxylic acids is 1. The Balaban J connectivity index is 2.01. The Morgan fingerprint density at radius 1 is 1.29 bits per heavy atom. The van der Waals surface area contributed by atoms with E-state index in [2.05, 4.69) is 9.71 Å². The van der Waals surface area contributed by atoms with E-state index in [0.29, 0.717) is 11.3 Å². The average Bonchev–Trinajstić information content (AvgIpc) is 3.06. The predicted octanol–water partition coefficient (Wildman–Crippen LogP) is 1.30. The molecule has 0 amide bonds. The molecule has 9 heteroatoms. The van der Waals surface area contributed by atoms with Crippen LogP contribution in [-0.4, -0.2) is 24.5 Å². The van der Waals surface area contributed by atoms with Crippen LogP contribution in [0.1, 0.15) is 16.1 Å². The van der Waals surface area contributed by atoms with E-state index in [-0.39, 0.29) is 16.8 Å². The number of aromatic amines is 1. The fourth-order valence-electron chi connectivity index (χ4n) is 2.19. The van der Waals surface area contributed by atoms with Crippen LogP contribution in [0, 0.1) is 0 Å². The summed E-state index contributed by atoms with van der Waals surface area (Å²) in [5.41, 5.74) is -0.866. The largest absolute Gasteiger partial charge is 0.477 e. The van der Waals surface area contributed by atoms with E-state index in [9.17, 15) is 18.0 Å². The minimum absolute atomic E-state index is 0.0178. The number of carboxylic acids is 1. The lowest BCUT2D eigenvalue weighted by molar-refractivity contribution is 0.0695. The molecule has 0 unspecified atom stereocenters. The van der Waals surface area contributed by atoms with E-state index >= 15 is 0 Å². The molecule has 0 saturated heterocycles. The van der Waals surface area contributed by atoms with Crippen molar-refractivity contribution in [2.75, 3.05) is 0 Å². The lowest BCUT2D eigenvalue weighted by Gasteiger charge is -2.07. The molecule has 0 radical (unpaired) electrons. The zero-order chi connectivity index (χ0) is 17.3. The molecule has 0 aliphatic heterocycles. The van der Waals surface area contributed by atoms with Gasteiger partial charge in [0.1, 0.15) is 11.3 Å². The first-order valence-electron chi connectivity index (χ1n) is 6.79. The number of hydrogen-bond donors (Lipinski definition) is 3. The lowest BCUT2D eigenvalue weighted by atomic mass is 10.1. The normalized spacial score (nSPS) is 11.7. The van der Waals surface area contributed by atoms with Gasteiger partial charge in [0.25, 0.3) is 0 Å². The minimum atomic E-state index is -3.89. The Kier molecular flexibility index (Phi) is 3.96. The molecule has 2 aromatic heterocycles. The van der Waals surface area contributed by atoms with Gasteiger partial charge >= 0.3 is 5.97 Å². The summed E-state index contributed by atoms with van der Waals surface area (Å²) in [6.07, 6.45) is 2.50. The van der Waals surface area contributed by atoms with Gasteiger partial charge in [-0.25, -0.2) is 17.9 Å². The van der Waals surface area contributed by atoms with E-state index in [1.165, 1.54) is 18.4 Å². The number of pyridine rings is 1. The molecule has 0 spiro atoms. The standard InChI is InChI=1S/C15H12N2O6S/c18-14-11-6-10(3-4-13(11)16-8-12(14)15(19)20)24(21,22)17-7-9-2-1-5-23-9/h1-6,8,17H,7H2,(H,16,18)(H,19,20). The molecule has 2 heterocycles. The van der Waals surface area contributed by atoms with Gasteiger partial charge in [0.2, 0.25) is 15.5 Å². The molecule has 3 N–H and O–H groups in total. The number of nitrogens with one attached hydrogen (secondary N) is 2. The van der Waals surface area contributed by atoms with Crippen LogP contribution in [-0.2, 0) is 16.6 Å². The smallest absolute Gasteiger partial charge is 0.341 e. The molecular weight excluding hydrogens is 336 g/mol. The van der Waals surface area contributed by atoms with Crippen molar-refractivity contribution in [2.45, 2.75) is 11.4 Å². The van der Waals surface area contributed by atoms with Crippen molar-refractivity contribution in [1.82, 2.24) is 9.71 Å². The van der Waals surface area contributed by atoms with E-state index < -0.39 is 27.0 Å². The van der Waals surface area contributed by atoms with Gasteiger partial charge in [-0.2, -0.15) is 0 Å². The third-order valence-corrected chi connectivity index (χ3v) is 4.81. The topological polar surface area (TPSA) is 129 Å². The Morgan fingerprint density at radius 3 is 2.75 bits per heavy atom. The maximum Gasteiger partial charge on any atom is 0.341 e. The van der Waals surface area contributed by atoms with Crippen LogP contribution in [0.25, 0.3) is 10.9 Å². The SMILES string of the molecule is O=C(O)c1c[nH]c2ccc(S(=O)(=O)NCc3ccco3)cc2c1=O. The molecule has 0 aliphatic carbocycles. The highest BCUT2D eigenvalue weighted by atomic mass is 32.2. The summed E-state index contributed by atoms with van der Waals surface area (Å²) in [5.74, 6) is -0.951. The number of furan rings is 1. The highest BCUT2D eigenvalue weighted by Crippen LogP contribution is 2.16. The van der Waals surface area contributed by atoms with Crippen LogP contribution in [0.2, 0.25) is 0 Å². The second-order valence-electron chi connectivity index (χ2n) is 4.95. The van der Waals surface area contributed by atoms with Gasteiger partial charge < -0.3 is 14.5 Å². The second-order valence-corrected chi connectivity index (χ2v) is 6.71. The van der Waals surface area contributed by atoms with E-state index in [0.717, 1.165) is 12.3 Å². The van der Waals surface area contributed by atoms with Gasteiger partial charge in [0.05, 0.1) is 17.7 Å². The zero-order valence-electron chi connectivity index (χ0n) is 12.1. The molecule has 24 heavy (non-hydrogen) atoms.